The zero-order chi connectivity index (χ0) is 14.7. The summed E-state index contributed by atoms with van der Waals surface area (Å²) in [4.78, 5) is 0. The Balaban J connectivity index is 1.70. The van der Waals surface area contributed by atoms with Crippen molar-refractivity contribution >= 4 is 5.95 Å². The first-order valence-corrected chi connectivity index (χ1v) is 6.87. The highest BCUT2D eigenvalue weighted by Crippen LogP contribution is 2.11. The predicted octanol–water partition coefficient (Wildman–Crippen LogP) is 1.98. The molecule has 0 bridgehead atoms. The monoisotopic (exact) mass is 282 g/mol. The highest BCUT2D eigenvalue weighted by Gasteiger charge is 2.07. The number of aromatic nitrogens is 5. The average molecular weight is 282 g/mol. The van der Waals surface area contributed by atoms with Gasteiger partial charge in [0.1, 0.15) is 6.33 Å². The van der Waals surface area contributed by atoms with E-state index in [0.717, 1.165) is 23.8 Å². The van der Waals surface area contributed by atoms with E-state index in [4.69, 9.17) is 0 Å². The molecule has 0 radical (unpaired) electrons. The van der Waals surface area contributed by atoms with Gasteiger partial charge >= 0.3 is 0 Å². The molecule has 0 amide bonds. The molecule has 0 atom stereocenters. The Hall–Kier alpha value is -2.63. The van der Waals surface area contributed by atoms with Gasteiger partial charge in [0, 0.05) is 24.8 Å². The van der Waals surface area contributed by atoms with E-state index >= 15 is 0 Å². The van der Waals surface area contributed by atoms with Crippen molar-refractivity contribution in [3.63, 3.8) is 0 Å². The fraction of sp³-hybridized carbons (Fsp3) is 0.267. The summed E-state index contributed by atoms with van der Waals surface area (Å²) in [6.07, 6.45) is 3.62. The number of nitrogens with one attached hydrogen (secondary N) is 1. The molecule has 1 N–H and O–H groups in total. The molecule has 108 valence electrons. The van der Waals surface area contributed by atoms with Gasteiger partial charge in [-0.15, -0.1) is 10.2 Å². The molecular formula is C15H18N6. The van der Waals surface area contributed by atoms with Gasteiger partial charge < -0.3 is 5.32 Å². The quantitative estimate of drug-likeness (QED) is 0.777. The Kier molecular flexibility index (Phi) is 3.68. The largest absolute Gasteiger partial charge is 0.350 e. The summed E-state index contributed by atoms with van der Waals surface area (Å²) in [6, 6.07) is 10.3. The number of rotatable bonds is 5. The van der Waals surface area contributed by atoms with Crippen molar-refractivity contribution in [2.45, 2.75) is 20.0 Å². The van der Waals surface area contributed by atoms with Crippen molar-refractivity contribution in [2.75, 3.05) is 5.32 Å². The van der Waals surface area contributed by atoms with Crippen LogP contribution in [-0.2, 0) is 20.1 Å². The van der Waals surface area contributed by atoms with Crippen LogP contribution in [0.25, 0.3) is 0 Å². The molecular weight excluding hydrogens is 264 g/mol. The summed E-state index contributed by atoms with van der Waals surface area (Å²) in [5, 5.41) is 15.7. The van der Waals surface area contributed by atoms with Crippen molar-refractivity contribution in [1.29, 1.82) is 0 Å². The summed E-state index contributed by atoms with van der Waals surface area (Å²) >= 11 is 0. The van der Waals surface area contributed by atoms with Crippen molar-refractivity contribution in [3.05, 3.63) is 59.7 Å². The predicted molar refractivity (Wildman–Crippen MR) is 80.8 cm³/mol. The molecule has 6 heteroatoms. The van der Waals surface area contributed by atoms with E-state index in [1.807, 2.05) is 40.7 Å². The Bertz CT molecular complexity index is 713. The van der Waals surface area contributed by atoms with Crippen LogP contribution in [0.2, 0.25) is 0 Å². The van der Waals surface area contributed by atoms with Gasteiger partial charge in [0.05, 0.1) is 12.7 Å². The molecule has 6 nitrogen and oxygen atoms in total. The molecule has 21 heavy (non-hydrogen) atoms. The second kappa shape index (κ2) is 5.78. The van der Waals surface area contributed by atoms with Gasteiger partial charge in [0.15, 0.2) is 0 Å². The first-order chi connectivity index (χ1) is 10.2. The van der Waals surface area contributed by atoms with Crippen LogP contribution >= 0.6 is 0 Å². The maximum Gasteiger partial charge on any atom is 0.224 e. The van der Waals surface area contributed by atoms with E-state index in [1.54, 1.807) is 6.33 Å². The zero-order valence-corrected chi connectivity index (χ0v) is 12.2. The van der Waals surface area contributed by atoms with E-state index in [2.05, 4.69) is 39.7 Å². The van der Waals surface area contributed by atoms with Gasteiger partial charge in [0.25, 0.3) is 0 Å². The van der Waals surface area contributed by atoms with Crippen molar-refractivity contribution < 1.29 is 0 Å². The summed E-state index contributed by atoms with van der Waals surface area (Å²) in [6.45, 7) is 3.49. The van der Waals surface area contributed by atoms with E-state index in [0.29, 0.717) is 6.54 Å². The normalized spacial score (nSPS) is 10.8. The second-order valence-electron chi connectivity index (χ2n) is 5.00. The molecule has 3 rings (SSSR count). The number of benzene rings is 1. The van der Waals surface area contributed by atoms with E-state index in [9.17, 15) is 0 Å². The summed E-state index contributed by atoms with van der Waals surface area (Å²) in [5.41, 5.74) is 3.53. The van der Waals surface area contributed by atoms with E-state index in [-0.39, 0.29) is 0 Å². The molecule has 0 aliphatic rings. The topological polar surface area (TPSA) is 60.6 Å². The molecule has 0 saturated carbocycles. The summed E-state index contributed by atoms with van der Waals surface area (Å²) in [5.74, 6) is 0.766. The maximum atomic E-state index is 4.24. The lowest BCUT2D eigenvalue weighted by Gasteiger charge is -2.08. The van der Waals surface area contributed by atoms with Gasteiger partial charge in [-0.05, 0) is 12.5 Å². The molecule has 0 spiro atoms. The molecule has 0 unspecified atom stereocenters. The number of nitrogens with zero attached hydrogens (tertiary/aromatic N) is 5. The third kappa shape index (κ3) is 2.94. The highest BCUT2D eigenvalue weighted by atomic mass is 15.3. The minimum Gasteiger partial charge on any atom is -0.350 e. The first-order valence-electron chi connectivity index (χ1n) is 6.87. The van der Waals surface area contributed by atoms with Crippen molar-refractivity contribution in [3.8, 4) is 0 Å². The third-order valence-electron chi connectivity index (χ3n) is 3.59. The zero-order valence-electron chi connectivity index (χ0n) is 12.2. The molecule has 2 heterocycles. The van der Waals surface area contributed by atoms with E-state index in [1.165, 1.54) is 5.56 Å². The van der Waals surface area contributed by atoms with Gasteiger partial charge in [0.2, 0.25) is 5.95 Å². The van der Waals surface area contributed by atoms with Crippen LogP contribution in [-0.4, -0.2) is 24.5 Å². The second-order valence-corrected chi connectivity index (χ2v) is 5.00. The maximum absolute atomic E-state index is 4.24. The molecule has 0 aliphatic heterocycles. The number of hydrogen-bond donors (Lipinski definition) is 1. The van der Waals surface area contributed by atoms with Crippen molar-refractivity contribution in [2.24, 2.45) is 7.05 Å². The lowest BCUT2D eigenvalue weighted by Crippen LogP contribution is -2.08. The Morgan fingerprint density at radius 1 is 1.19 bits per heavy atom. The van der Waals surface area contributed by atoms with Crippen LogP contribution in [0, 0.1) is 6.92 Å². The van der Waals surface area contributed by atoms with E-state index < -0.39 is 0 Å². The van der Waals surface area contributed by atoms with Crippen LogP contribution in [0.5, 0.6) is 0 Å². The van der Waals surface area contributed by atoms with Gasteiger partial charge in [-0.25, -0.2) is 0 Å². The Morgan fingerprint density at radius 2 is 2.00 bits per heavy atom. The number of anilines is 1. The average Bonchev–Trinajstić information content (AvgIpc) is 3.07. The first kappa shape index (κ1) is 13.4. The number of aryl methyl sites for hydroxylation is 1. The Morgan fingerprint density at radius 3 is 2.71 bits per heavy atom. The van der Waals surface area contributed by atoms with Crippen LogP contribution in [0.15, 0.2) is 42.9 Å². The Labute approximate surface area is 123 Å². The van der Waals surface area contributed by atoms with Gasteiger partial charge in [-0.2, -0.15) is 5.10 Å². The van der Waals surface area contributed by atoms with Gasteiger partial charge in [-0.1, -0.05) is 30.3 Å². The minimum absolute atomic E-state index is 0.688. The smallest absolute Gasteiger partial charge is 0.224 e. The third-order valence-corrected chi connectivity index (χ3v) is 3.59. The van der Waals surface area contributed by atoms with Gasteiger partial charge in [-0.3, -0.25) is 9.25 Å². The summed E-state index contributed by atoms with van der Waals surface area (Å²) in [7, 11) is 1.94. The fourth-order valence-electron chi connectivity index (χ4n) is 2.18. The minimum atomic E-state index is 0.688. The molecule has 1 aromatic carbocycles. The highest BCUT2D eigenvalue weighted by molar-refractivity contribution is 5.29. The molecule has 2 aromatic heterocycles. The molecule has 0 fully saturated rings. The van der Waals surface area contributed by atoms with Crippen LogP contribution in [0.3, 0.4) is 0 Å². The SMILES string of the molecule is Cc1c(CNc2nncn2Cc2ccccc2)cnn1C. The lowest BCUT2D eigenvalue weighted by molar-refractivity contribution is 0.737. The van der Waals surface area contributed by atoms with Crippen LogP contribution in [0.1, 0.15) is 16.8 Å². The molecule has 0 saturated heterocycles. The lowest BCUT2D eigenvalue weighted by atomic mass is 10.2. The standard InChI is InChI=1S/C15H18N6/c1-12-14(9-18-20(12)2)8-16-15-19-17-11-21(15)10-13-6-4-3-5-7-13/h3-7,9,11H,8,10H2,1-2H3,(H,16,19). The van der Waals surface area contributed by atoms with Crippen LogP contribution < -0.4 is 5.32 Å². The fourth-order valence-corrected chi connectivity index (χ4v) is 2.18. The van der Waals surface area contributed by atoms with Crippen molar-refractivity contribution in [1.82, 2.24) is 24.5 Å². The molecule has 0 aliphatic carbocycles. The molecule has 3 aromatic rings. The summed E-state index contributed by atoms with van der Waals surface area (Å²) < 4.78 is 3.87. The van der Waals surface area contributed by atoms with Crippen LogP contribution in [0.4, 0.5) is 5.95 Å². The number of hydrogen-bond acceptors (Lipinski definition) is 4.